The predicted molar refractivity (Wildman–Crippen MR) is 112 cm³/mol. The molecule has 166 valence electrons. The first-order valence-electron chi connectivity index (χ1n) is 10.6. The number of hydrogen-bond acceptors (Lipinski definition) is 3. The number of hydrogen-bond donors (Lipinski definition) is 1. The van der Waals surface area contributed by atoms with Gasteiger partial charge in [0, 0.05) is 25.2 Å². The molecule has 1 amide bonds. The fourth-order valence-electron chi connectivity index (χ4n) is 5.42. The van der Waals surface area contributed by atoms with Crippen LogP contribution in [0.5, 0.6) is 0 Å². The van der Waals surface area contributed by atoms with Crippen LogP contribution in [-0.2, 0) is 10.9 Å². The van der Waals surface area contributed by atoms with Gasteiger partial charge in [0.05, 0.1) is 23.8 Å². The Hall–Kier alpha value is -2.38. The minimum atomic E-state index is -4.59. The summed E-state index contributed by atoms with van der Waals surface area (Å²) in [5.74, 6) is -0.696. The third-order valence-corrected chi connectivity index (χ3v) is 6.79. The maximum absolute atomic E-state index is 13.5. The molecule has 2 fully saturated rings. The summed E-state index contributed by atoms with van der Waals surface area (Å²) in [4.78, 5) is 15.6. The molecular formula is C24H27F3N2O2. The van der Waals surface area contributed by atoms with Crippen molar-refractivity contribution in [3.05, 3.63) is 71.3 Å². The normalized spacial score (nSPS) is 24.3. The van der Waals surface area contributed by atoms with E-state index < -0.39 is 23.7 Å². The standard InChI is InChI=1S/C24H27F3N2O2/c1-31-16-15-29-18-11-13-23(29,14-12-18)21(17-7-3-2-4-8-17)28-22(30)19-9-5-6-10-20(19)24(25,26)27/h2-10,18,21H,11-16H2,1H3,(H,28,30). The molecular weight excluding hydrogens is 405 g/mol. The molecule has 4 nitrogen and oxygen atoms in total. The summed E-state index contributed by atoms with van der Waals surface area (Å²) in [5, 5.41) is 3.01. The van der Waals surface area contributed by atoms with Crippen LogP contribution in [0.3, 0.4) is 0 Å². The number of halogens is 3. The predicted octanol–water partition coefficient (Wildman–Crippen LogP) is 4.82. The van der Waals surface area contributed by atoms with Gasteiger partial charge in [-0.15, -0.1) is 0 Å². The summed E-state index contributed by atoms with van der Waals surface area (Å²) in [6, 6.07) is 14.5. The molecule has 2 bridgehead atoms. The summed E-state index contributed by atoms with van der Waals surface area (Å²) in [5.41, 5.74) is -0.676. The molecule has 2 heterocycles. The van der Waals surface area contributed by atoms with Gasteiger partial charge in [-0.1, -0.05) is 42.5 Å². The molecule has 0 radical (unpaired) electrons. The van der Waals surface area contributed by atoms with Gasteiger partial charge in [0.25, 0.3) is 5.91 Å². The number of carbonyl (C=O) groups excluding carboxylic acids is 1. The molecule has 2 aliphatic heterocycles. The smallest absolute Gasteiger partial charge is 0.383 e. The van der Waals surface area contributed by atoms with Gasteiger partial charge in [0.2, 0.25) is 0 Å². The molecule has 0 aromatic heterocycles. The van der Waals surface area contributed by atoms with Gasteiger partial charge in [0.1, 0.15) is 0 Å². The number of rotatable bonds is 7. The largest absolute Gasteiger partial charge is 0.417 e. The van der Waals surface area contributed by atoms with E-state index in [0.717, 1.165) is 43.9 Å². The molecule has 4 rings (SSSR count). The number of nitrogens with one attached hydrogen (secondary N) is 1. The van der Waals surface area contributed by atoms with Crippen LogP contribution in [0, 0.1) is 0 Å². The molecule has 0 aliphatic carbocycles. The van der Waals surface area contributed by atoms with Crippen LogP contribution < -0.4 is 5.32 Å². The minimum Gasteiger partial charge on any atom is -0.383 e. The highest BCUT2D eigenvalue weighted by Gasteiger charge is 2.56. The number of ether oxygens (including phenoxy) is 1. The van der Waals surface area contributed by atoms with Crippen LogP contribution in [0.2, 0.25) is 0 Å². The number of alkyl halides is 3. The molecule has 2 saturated heterocycles. The van der Waals surface area contributed by atoms with E-state index in [1.807, 2.05) is 30.3 Å². The van der Waals surface area contributed by atoms with Crippen LogP contribution in [0.25, 0.3) is 0 Å². The highest BCUT2D eigenvalue weighted by atomic mass is 19.4. The molecule has 1 unspecified atom stereocenters. The number of methoxy groups -OCH3 is 1. The van der Waals surface area contributed by atoms with Crippen molar-refractivity contribution in [1.29, 1.82) is 0 Å². The van der Waals surface area contributed by atoms with E-state index in [1.54, 1.807) is 7.11 Å². The zero-order valence-electron chi connectivity index (χ0n) is 17.5. The van der Waals surface area contributed by atoms with Gasteiger partial charge < -0.3 is 10.1 Å². The SMILES string of the molecule is COCCN1C2CCC1(C(NC(=O)c1ccccc1C(F)(F)F)c1ccccc1)CC2. The molecule has 2 aromatic rings. The number of fused-ring (bicyclic) bond motifs is 2. The van der Waals surface area contributed by atoms with Gasteiger partial charge in [0.15, 0.2) is 0 Å². The lowest BCUT2D eigenvalue weighted by molar-refractivity contribution is -0.137. The Labute approximate surface area is 180 Å². The molecule has 0 saturated carbocycles. The van der Waals surface area contributed by atoms with Crippen molar-refractivity contribution < 1.29 is 22.7 Å². The van der Waals surface area contributed by atoms with Gasteiger partial charge in [-0.05, 0) is 43.4 Å². The van der Waals surface area contributed by atoms with E-state index >= 15 is 0 Å². The van der Waals surface area contributed by atoms with Crippen molar-refractivity contribution in [2.75, 3.05) is 20.3 Å². The Morgan fingerprint density at radius 2 is 1.77 bits per heavy atom. The average Bonchev–Trinajstić information content (AvgIpc) is 3.31. The van der Waals surface area contributed by atoms with Crippen molar-refractivity contribution in [2.24, 2.45) is 0 Å². The second-order valence-corrected chi connectivity index (χ2v) is 8.38. The number of benzene rings is 2. The Morgan fingerprint density at radius 3 is 2.42 bits per heavy atom. The Bertz CT molecular complexity index is 909. The first-order valence-corrected chi connectivity index (χ1v) is 10.6. The highest BCUT2D eigenvalue weighted by molar-refractivity contribution is 5.96. The molecule has 31 heavy (non-hydrogen) atoms. The van der Waals surface area contributed by atoms with Crippen LogP contribution in [-0.4, -0.2) is 42.6 Å². The molecule has 1 N–H and O–H groups in total. The third-order valence-electron chi connectivity index (χ3n) is 6.79. The van der Waals surface area contributed by atoms with Crippen molar-refractivity contribution in [2.45, 2.75) is 49.5 Å². The molecule has 1 atom stereocenters. The van der Waals surface area contributed by atoms with E-state index in [4.69, 9.17) is 4.74 Å². The van der Waals surface area contributed by atoms with Gasteiger partial charge >= 0.3 is 6.18 Å². The van der Waals surface area contributed by atoms with Crippen molar-refractivity contribution in [3.63, 3.8) is 0 Å². The van der Waals surface area contributed by atoms with E-state index in [-0.39, 0.29) is 11.1 Å². The van der Waals surface area contributed by atoms with Gasteiger partial charge in [-0.2, -0.15) is 13.2 Å². The summed E-state index contributed by atoms with van der Waals surface area (Å²) in [7, 11) is 1.66. The molecule has 2 aliphatic rings. The van der Waals surface area contributed by atoms with Gasteiger partial charge in [-0.3, -0.25) is 9.69 Å². The van der Waals surface area contributed by atoms with Crippen molar-refractivity contribution in [3.8, 4) is 0 Å². The Kier molecular flexibility index (Phi) is 6.08. The third kappa shape index (κ3) is 4.08. The lowest BCUT2D eigenvalue weighted by atomic mass is 9.78. The summed E-state index contributed by atoms with van der Waals surface area (Å²) in [6.07, 6.45) is -0.779. The molecule has 7 heteroatoms. The van der Waals surface area contributed by atoms with E-state index in [9.17, 15) is 18.0 Å². The van der Waals surface area contributed by atoms with E-state index in [2.05, 4.69) is 10.2 Å². The zero-order valence-corrected chi connectivity index (χ0v) is 17.5. The lowest BCUT2D eigenvalue weighted by Gasteiger charge is -2.42. The van der Waals surface area contributed by atoms with Gasteiger partial charge in [-0.25, -0.2) is 0 Å². The second kappa shape index (κ2) is 8.63. The maximum atomic E-state index is 13.5. The molecule has 0 spiro atoms. The van der Waals surface area contributed by atoms with Crippen LogP contribution >= 0.6 is 0 Å². The fourth-order valence-corrected chi connectivity index (χ4v) is 5.42. The van der Waals surface area contributed by atoms with Crippen molar-refractivity contribution >= 4 is 5.91 Å². The fraction of sp³-hybridized carbons (Fsp3) is 0.458. The monoisotopic (exact) mass is 432 g/mol. The quantitative estimate of drug-likeness (QED) is 0.682. The number of amides is 1. The van der Waals surface area contributed by atoms with Crippen LogP contribution in [0.4, 0.5) is 13.2 Å². The summed E-state index contributed by atoms with van der Waals surface area (Å²) < 4.78 is 45.9. The first kappa shape index (κ1) is 21.8. The molecule has 2 aromatic carbocycles. The topological polar surface area (TPSA) is 41.6 Å². The van der Waals surface area contributed by atoms with E-state index in [0.29, 0.717) is 12.6 Å². The van der Waals surface area contributed by atoms with Crippen LogP contribution in [0.1, 0.15) is 53.2 Å². The Morgan fingerprint density at radius 1 is 1.13 bits per heavy atom. The second-order valence-electron chi connectivity index (χ2n) is 8.38. The van der Waals surface area contributed by atoms with E-state index in [1.165, 1.54) is 18.2 Å². The zero-order chi connectivity index (χ0) is 22.1. The van der Waals surface area contributed by atoms with Crippen molar-refractivity contribution in [1.82, 2.24) is 10.2 Å². The lowest BCUT2D eigenvalue weighted by Crippen LogP contribution is -2.53. The minimum absolute atomic E-state index is 0.326. The average molecular weight is 432 g/mol. The summed E-state index contributed by atoms with van der Waals surface area (Å²) in [6.45, 7) is 1.31. The summed E-state index contributed by atoms with van der Waals surface area (Å²) >= 11 is 0. The highest BCUT2D eigenvalue weighted by Crippen LogP contribution is 2.52. The Balaban J connectivity index is 1.71. The number of nitrogens with zero attached hydrogens (tertiary/aromatic N) is 1. The maximum Gasteiger partial charge on any atom is 0.417 e. The first-order chi connectivity index (χ1) is 14.9. The van der Waals surface area contributed by atoms with Crippen LogP contribution in [0.15, 0.2) is 54.6 Å². The number of carbonyl (C=O) groups is 1.